The number of hydrogen-bond acceptors (Lipinski definition) is 5. The zero-order valence-corrected chi connectivity index (χ0v) is 16.0. The van der Waals surface area contributed by atoms with Crippen LogP contribution < -0.4 is 5.32 Å². The fourth-order valence-electron chi connectivity index (χ4n) is 3.33. The monoisotopic (exact) mass is 398 g/mol. The second-order valence-electron chi connectivity index (χ2n) is 7.24. The Kier molecular flexibility index (Phi) is 6.17. The lowest BCUT2D eigenvalue weighted by Crippen LogP contribution is -2.30. The first-order chi connectivity index (χ1) is 14.2. The van der Waals surface area contributed by atoms with E-state index in [0.29, 0.717) is 24.8 Å². The molecule has 2 heterocycles. The third kappa shape index (κ3) is 5.19. The Hall–Kier alpha value is -2.77. The highest BCUT2D eigenvalue weighted by Crippen LogP contribution is 2.23. The van der Waals surface area contributed by atoms with Crippen LogP contribution in [-0.4, -0.2) is 30.8 Å². The zero-order valence-electron chi connectivity index (χ0n) is 16.0. The van der Waals surface area contributed by atoms with Gasteiger partial charge in [-0.15, -0.1) is 0 Å². The third-order valence-corrected chi connectivity index (χ3v) is 4.96. The molecule has 1 saturated heterocycles. The Morgan fingerprint density at radius 1 is 1.24 bits per heavy atom. The van der Waals surface area contributed by atoms with E-state index in [1.165, 1.54) is 6.07 Å². The van der Waals surface area contributed by atoms with Crippen LogP contribution in [-0.2, 0) is 27.3 Å². The molecule has 6 nitrogen and oxygen atoms in total. The summed E-state index contributed by atoms with van der Waals surface area (Å²) < 4.78 is 29.9. The highest BCUT2D eigenvalue weighted by Gasteiger charge is 2.20. The van der Waals surface area contributed by atoms with Gasteiger partial charge < -0.3 is 19.3 Å². The molecule has 2 unspecified atom stereocenters. The van der Waals surface area contributed by atoms with Gasteiger partial charge in [-0.2, -0.15) is 0 Å². The quantitative estimate of drug-likeness (QED) is 0.626. The van der Waals surface area contributed by atoms with Crippen molar-refractivity contribution in [2.75, 3.05) is 19.8 Å². The number of rotatable bonds is 8. The van der Waals surface area contributed by atoms with E-state index >= 15 is 0 Å². The van der Waals surface area contributed by atoms with Crippen molar-refractivity contribution in [3.63, 3.8) is 0 Å². The molecule has 2 atom stereocenters. The number of carbonyl (C=O) groups excluding carboxylic acids is 1. The molecule has 4 rings (SSSR count). The van der Waals surface area contributed by atoms with Crippen molar-refractivity contribution in [2.45, 2.75) is 25.8 Å². The topological polar surface area (TPSA) is 73.6 Å². The van der Waals surface area contributed by atoms with Gasteiger partial charge in [-0.05, 0) is 28.8 Å². The molecule has 1 aromatic heterocycles. The van der Waals surface area contributed by atoms with Gasteiger partial charge >= 0.3 is 0 Å². The number of benzene rings is 2. The minimum atomic E-state index is -1.75. The molecular formula is C22H23FN2O4. The second kappa shape index (κ2) is 9.15. The Morgan fingerprint density at radius 3 is 2.93 bits per heavy atom. The van der Waals surface area contributed by atoms with Gasteiger partial charge in [0.2, 0.25) is 5.91 Å². The number of halogens is 1. The molecule has 2 aromatic carbocycles. The van der Waals surface area contributed by atoms with Gasteiger partial charge in [-0.1, -0.05) is 41.6 Å². The first kappa shape index (κ1) is 19.5. The summed E-state index contributed by atoms with van der Waals surface area (Å²) in [6.45, 7) is 2.09. The van der Waals surface area contributed by atoms with Gasteiger partial charge in [0.05, 0.1) is 25.3 Å². The molecule has 1 N–H and O–H groups in total. The summed E-state index contributed by atoms with van der Waals surface area (Å²) in [4.78, 5) is 12.0. The Bertz CT molecular complexity index is 968. The SMILES string of the molecule is O=C(Cc1cc(C(F)OCc2ccc3ccccc3c2)on1)NCC1CCOC1. The minimum Gasteiger partial charge on any atom is -0.381 e. The normalized spacial score (nSPS) is 17.5. The maximum Gasteiger partial charge on any atom is 0.260 e. The summed E-state index contributed by atoms with van der Waals surface area (Å²) in [5.74, 6) is 0.132. The smallest absolute Gasteiger partial charge is 0.260 e. The molecule has 1 amide bonds. The number of nitrogens with zero attached hydrogens (tertiary/aromatic N) is 1. The molecule has 3 aromatic rings. The maximum atomic E-state index is 14.4. The largest absolute Gasteiger partial charge is 0.381 e. The number of amides is 1. The first-order valence-corrected chi connectivity index (χ1v) is 9.70. The van der Waals surface area contributed by atoms with Gasteiger partial charge in [0.25, 0.3) is 6.36 Å². The average Bonchev–Trinajstić information content (AvgIpc) is 3.42. The van der Waals surface area contributed by atoms with Crippen molar-refractivity contribution >= 4 is 16.7 Å². The molecule has 0 radical (unpaired) electrons. The van der Waals surface area contributed by atoms with Crippen LogP contribution in [0.1, 0.15) is 29.8 Å². The van der Waals surface area contributed by atoms with E-state index in [2.05, 4.69) is 10.5 Å². The van der Waals surface area contributed by atoms with E-state index in [4.69, 9.17) is 14.0 Å². The van der Waals surface area contributed by atoms with Gasteiger partial charge in [-0.25, -0.2) is 4.39 Å². The highest BCUT2D eigenvalue weighted by molar-refractivity contribution is 5.83. The Morgan fingerprint density at radius 2 is 2.10 bits per heavy atom. The third-order valence-electron chi connectivity index (χ3n) is 4.96. The molecule has 152 valence electrons. The van der Waals surface area contributed by atoms with Gasteiger partial charge in [-0.3, -0.25) is 4.79 Å². The molecular weight excluding hydrogens is 375 g/mol. The lowest BCUT2D eigenvalue weighted by Gasteiger charge is -2.08. The first-order valence-electron chi connectivity index (χ1n) is 9.70. The van der Waals surface area contributed by atoms with Crippen LogP contribution in [0.5, 0.6) is 0 Å². The standard InChI is InChI=1S/C22H23FN2O4/c23-22(28-14-15-5-6-17-3-1-2-4-18(17)9-15)20-10-19(25-29-20)11-21(26)24-12-16-7-8-27-13-16/h1-6,9-10,16,22H,7-8,11-14H2,(H,24,26). The highest BCUT2D eigenvalue weighted by atomic mass is 19.1. The van der Waals surface area contributed by atoms with E-state index in [1.807, 2.05) is 42.5 Å². The zero-order chi connectivity index (χ0) is 20.1. The van der Waals surface area contributed by atoms with Crippen LogP contribution in [0.15, 0.2) is 53.1 Å². The van der Waals surface area contributed by atoms with Gasteiger partial charge in [0.15, 0.2) is 5.76 Å². The summed E-state index contributed by atoms with van der Waals surface area (Å²) in [7, 11) is 0. The van der Waals surface area contributed by atoms with Crippen LogP contribution in [0.3, 0.4) is 0 Å². The van der Waals surface area contributed by atoms with Crippen LogP contribution >= 0.6 is 0 Å². The summed E-state index contributed by atoms with van der Waals surface area (Å²) in [5.41, 5.74) is 1.23. The van der Waals surface area contributed by atoms with Crippen molar-refractivity contribution in [2.24, 2.45) is 5.92 Å². The summed E-state index contributed by atoms with van der Waals surface area (Å²) >= 11 is 0. The molecule has 0 bridgehead atoms. The molecule has 7 heteroatoms. The number of aromatic nitrogens is 1. The number of alkyl halides is 1. The molecule has 1 aliphatic rings. The number of hydrogen-bond donors (Lipinski definition) is 1. The van der Waals surface area contributed by atoms with E-state index in [-0.39, 0.29) is 24.7 Å². The van der Waals surface area contributed by atoms with Crippen LogP contribution in [0.25, 0.3) is 10.8 Å². The van der Waals surface area contributed by atoms with E-state index in [0.717, 1.165) is 29.4 Å². The lowest BCUT2D eigenvalue weighted by molar-refractivity contribution is -0.120. The molecule has 1 fully saturated rings. The van der Waals surface area contributed by atoms with E-state index in [1.54, 1.807) is 0 Å². The summed E-state index contributed by atoms with van der Waals surface area (Å²) in [6.07, 6.45) is -0.762. The number of carbonyl (C=O) groups is 1. The van der Waals surface area contributed by atoms with Crippen molar-refractivity contribution < 1.29 is 23.2 Å². The van der Waals surface area contributed by atoms with Crippen LogP contribution in [0.4, 0.5) is 4.39 Å². The molecule has 1 aliphatic heterocycles. The summed E-state index contributed by atoms with van der Waals surface area (Å²) in [5, 5.41) is 8.81. The average molecular weight is 398 g/mol. The molecule has 0 spiro atoms. The van der Waals surface area contributed by atoms with Gasteiger partial charge in [0.1, 0.15) is 0 Å². The number of ether oxygens (including phenoxy) is 2. The van der Waals surface area contributed by atoms with Crippen molar-refractivity contribution in [3.05, 3.63) is 65.5 Å². The Balaban J connectivity index is 1.27. The van der Waals surface area contributed by atoms with Crippen molar-refractivity contribution in [3.8, 4) is 0 Å². The second-order valence-corrected chi connectivity index (χ2v) is 7.24. The molecule has 29 heavy (non-hydrogen) atoms. The fraction of sp³-hybridized carbons (Fsp3) is 0.364. The van der Waals surface area contributed by atoms with Crippen molar-refractivity contribution in [1.29, 1.82) is 0 Å². The molecule has 0 aliphatic carbocycles. The van der Waals surface area contributed by atoms with Crippen LogP contribution in [0.2, 0.25) is 0 Å². The number of fused-ring (bicyclic) bond motifs is 1. The van der Waals surface area contributed by atoms with E-state index in [9.17, 15) is 9.18 Å². The maximum absolute atomic E-state index is 14.4. The molecule has 0 saturated carbocycles. The predicted molar refractivity (Wildman–Crippen MR) is 105 cm³/mol. The van der Waals surface area contributed by atoms with Crippen molar-refractivity contribution in [1.82, 2.24) is 10.5 Å². The van der Waals surface area contributed by atoms with Crippen LogP contribution in [0, 0.1) is 5.92 Å². The minimum absolute atomic E-state index is 0.0362. The summed E-state index contributed by atoms with van der Waals surface area (Å²) in [6, 6.07) is 15.2. The number of nitrogens with one attached hydrogen (secondary N) is 1. The lowest BCUT2D eigenvalue weighted by atomic mass is 10.1. The Labute approximate surface area is 168 Å². The van der Waals surface area contributed by atoms with Gasteiger partial charge in [0, 0.05) is 25.1 Å². The van der Waals surface area contributed by atoms with E-state index < -0.39 is 6.36 Å². The predicted octanol–water partition coefficient (Wildman–Crippen LogP) is 3.71. The fourth-order valence-corrected chi connectivity index (χ4v) is 3.33.